The fraction of sp³-hybridized carbons (Fsp3) is 0.240. The molecular formula is C25H21FN4O3S. The first-order valence-corrected chi connectivity index (χ1v) is 11.8. The van der Waals surface area contributed by atoms with Gasteiger partial charge in [0.05, 0.1) is 12.8 Å². The SMILES string of the molecule is N#Cc1nc(-c2ccco2)oc1N1CCC(C(=O)N(Cc2cccs2)c2ccc(F)cc2)CC1. The first-order chi connectivity index (χ1) is 16.6. The van der Waals surface area contributed by atoms with E-state index in [1.807, 2.05) is 22.4 Å². The third-order valence-corrected chi connectivity index (χ3v) is 6.74. The molecule has 1 aromatic carbocycles. The Morgan fingerprint density at radius 2 is 2.00 bits per heavy atom. The Balaban J connectivity index is 1.31. The molecule has 4 heterocycles. The average Bonchev–Trinajstić information content (AvgIpc) is 3.64. The highest BCUT2D eigenvalue weighted by molar-refractivity contribution is 7.09. The summed E-state index contributed by atoms with van der Waals surface area (Å²) in [6.07, 6.45) is 2.72. The molecule has 1 aliphatic heterocycles. The van der Waals surface area contributed by atoms with E-state index in [4.69, 9.17) is 8.83 Å². The molecule has 0 spiro atoms. The number of carbonyl (C=O) groups is 1. The monoisotopic (exact) mass is 476 g/mol. The molecule has 1 amide bonds. The largest absolute Gasteiger partial charge is 0.459 e. The summed E-state index contributed by atoms with van der Waals surface area (Å²) in [5.74, 6) is 0.585. The van der Waals surface area contributed by atoms with Crippen LogP contribution in [0.2, 0.25) is 0 Å². The molecule has 0 atom stereocenters. The topological polar surface area (TPSA) is 86.5 Å². The fourth-order valence-corrected chi connectivity index (χ4v) is 4.82. The van der Waals surface area contributed by atoms with Crippen LogP contribution in [-0.2, 0) is 11.3 Å². The summed E-state index contributed by atoms with van der Waals surface area (Å²) < 4.78 is 24.7. The van der Waals surface area contributed by atoms with Crippen LogP contribution in [0.5, 0.6) is 0 Å². The van der Waals surface area contributed by atoms with E-state index in [9.17, 15) is 14.4 Å². The number of oxazole rings is 1. The summed E-state index contributed by atoms with van der Waals surface area (Å²) >= 11 is 1.58. The minimum Gasteiger partial charge on any atom is -0.459 e. The molecule has 9 heteroatoms. The molecule has 5 rings (SSSR count). The number of nitrogens with zero attached hydrogens (tertiary/aromatic N) is 4. The van der Waals surface area contributed by atoms with Crippen LogP contribution in [0, 0.1) is 23.1 Å². The minimum absolute atomic E-state index is 0.00834. The Bertz CT molecular complexity index is 1290. The lowest BCUT2D eigenvalue weighted by Gasteiger charge is -2.34. The van der Waals surface area contributed by atoms with Gasteiger partial charge in [0, 0.05) is 29.6 Å². The zero-order valence-electron chi connectivity index (χ0n) is 18.2. The van der Waals surface area contributed by atoms with Gasteiger partial charge >= 0.3 is 0 Å². The summed E-state index contributed by atoms with van der Waals surface area (Å²) in [4.78, 5) is 22.5. The van der Waals surface area contributed by atoms with Crippen LogP contribution in [0.1, 0.15) is 23.4 Å². The number of carbonyl (C=O) groups excluding carboxylic acids is 1. The zero-order valence-corrected chi connectivity index (χ0v) is 19.0. The van der Waals surface area contributed by atoms with Gasteiger partial charge in [-0.2, -0.15) is 10.2 Å². The Morgan fingerprint density at radius 1 is 1.21 bits per heavy atom. The van der Waals surface area contributed by atoms with E-state index in [-0.39, 0.29) is 29.2 Å². The molecular weight excluding hydrogens is 455 g/mol. The summed E-state index contributed by atoms with van der Waals surface area (Å²) in [5.41, 5.74) is 0.870. The number of hydrogen-bond acceptors (Lipinski definition) is 7. The van der Waals surface area contributed by atoms with Crippen molar-refractivity contribution in [1.29, 1.82) is 5.26 Å². The maximum absolute atomic E-state index is 13.6. The third kappa shape index (κ3) is 4.45. The number of anilines is 2. The molecule has 172 valence electrons. The molecule has 34 heavy (non-hydrogen) atoms. The summed E-state index contributed by atoms with van der Waals surface area (Å²) in [6, 6.07) is 15.5. The van der Waals surface area contributed by atoms with Gasteiger partial charge in [-0.15, -0.1) is 11.3 Å². The number of benzene rings is 1. The van der Waals surface area contributed by atoms with Gasteiger partial charge in [0.15, 0.2) is 5.76 Å². The van der Waals surface area contributed by atoms with Crippen molar-refractivity contribution in [2.24, 2.45) is 5.92 Å². The second kappa shape index (κ2) is 9.53. The van der Waals surface area contributed by atoms with E-state index in [0.717, 1.165) is 4.88 Å². The van der Waals surface area contributed by atoms with Crippen molar-refractivity contribution >= 4 is 28.8 Å². The highest BCUT2D eigenvalue weighted by Gasteiger charge is 2.32. The first kappa shape index (κ1) is 21.9. The van der Waals surface area contributed by atoms with E-state index in [1.165, 1.54) is 18.4 Å². The zero-order chi connectivity index (χ0) is 23.5. The van der Waals surface area contributed by atoms with E-state index < -0.39 is 0 Å². The molecule has 3 aromatic heterocycles. The Hall–Kier alpha value is -3.90. The molecule has 4 aromatic rings. The van der Waals surface area contributed by atoms with Gasteiger partial charge in [-0.05, 0) is 60.7 Å². The molecule has 1 saturated heterocycles. The molecule has 1 fully saturated rings. The van der Waals surface area contributed by atoms with E-state index in [2.05, 4.69) is 11.1 Å². The summed E-state index contributed by atoms with van der Waals surface area (Å²) in [5, 5.41) is 11.5. The van der Waals surface area contributed by atoms with Gasteiger partial charge in [0.1, 0.15) is 11.9 Å². The van der Waals surface area contributed by atoms with Crippen molar-refractivity contribution in [2.75, 3.05) is 22.9 Å². The molecule has 0 aliphatic carbocycles. The number of furan rings is 1. The van der Waals surface area contributed by atoms with Crippen molar-refractivity contribution in [3.8, 4) is 17.7 Å². The number of nitriles is 1. The van der Waals surface area contributed by atoms with Gasteiger partial charge in [-0.3, -0.25) is 4.79 Å². The standard InChI is InChI=1S/C25H21FN4O3S/c26-18-5-7-19(8-6-18)30(16-20-3-2-14-34-20)24(31)17-9-11-29(12-10-17)25-21(15-27)28-23(33-25)22-4-1-13-32-22/h1-8,13-14,17H,9-12,16H2. The van der Waals surface area contributed by atoms with Gasteiger partial charge in [0.25, 0.3) is 5.89 Å². The van der Waals surface area contributed by atoms with Crippen LogP contribution in [0.25, 0.3) is 11.7 Å². The first-order valence-electron chi connectivity index (χ1n) is 10.9. The van der Waals surface area contributed by atoms with Crippen LogP contribution >= 0.6 is 11.3 Å². The van der Waals surface area contributed by atoms with Gasteiger partial charge in [-0.1, -0.05) is 6.07 Å². The molecule has 0 unspecified atom stereocenters. The van der Waals surface area contributed by atoms with Crippen molar-refractivity contribution in [1.82, 2.24) is 4.98 Å². The van der Waals surface area contributed by atoms with Gasteiger partial charge < -0.3 is 18.6 Å². The lowest BCUT2D eigenvalue weighted by Crippen LogP contribution is -2.42. The highest BCUT2D eigenvalue weighted by atomic mass is 32.1. The smallest absolute Gasteiger partial charge is 0.266 e. The summed E-state index contributed by atoms with van der Waals surface area (Å²) in [6.45, 7) is 1.54. The number of halogens is 1. The lowest BCUT2D eigenvalue weighted by atomic mass is 9.95. The van der Waals surface area contributed by atoms with E-state index >= 15 is 0 Å². The maximum atomic E-state index is 13.6. The van der Waals surface area contributed by atoms with Gasteiger partial charge in [0.2, 0.25) is 17.5 Å². The Morgan fingerprint density at radius 3 is 2.65 bits per heavy atom. The molecule has 0 saturated carbocycles. The second-order valence-corrected chi connectivity index (χ2v) is 9.04. The predicted octanol–water partition coefficient (Wildman–Crippen LogP) is 5.46. The maximum Gasteiger partial charge on any atom is 0.266 e. The fourth-order valence-electron chi connectivity index (χ4n) is 4.13. The number of amides is 1. The number of rotatable bonds is 6. The molecule has 7 nitrogen and oxygen atoms in total. The average molecular weight is 477 g/mol. The van der Waals surface area contributed by atoms with Gasteiger partial charge in [-0.25, -0.2) is 4.39 Å². The van der Waals surface area contributed by atoms with Crippen LogP contribution in [0.15, 0.2) is 69.0 Å². The van der Waals surface area contributed by atoms with E-state index in [0.29, 0.717) is 49.8 Å². The third-order valence-electron chi connectivity index (χ3n) is 5.88. The normalized spacial score (nSPS) is 14.2. The van der Waals surface area contributed by atoms with Crippen LogP contribution < -0.4 is 9.80 Å². The quantitative estimate of drug-likeness (QED) is 0.367. The Kier molecular flexibility index (Phi) is 6.14. The Labute approximate surface area is 199 Å². The number of aromatic nitrogens is 1. The van der Waals surface area contributed by atoms with Crippen LogP contribution in [-0.4, -0.2) is 24.0 Å². The predicted molar refractivity (Wildman–Crippen MR) is 126 cm³/mol. The lowest BCUT2D eigenvalue weighted by molar-refractivity contribution is -0.123. The van der Waals surface area contributed by atoms with Crippen molar-refractivity contribution in [3.63, 3.8) is 0 Å². The molecule has 0 N–H and O–H groups in total. The molecule has 1 aliphatic rings. The van der Waals surface area contributed by atoms with E-state index in [1.54, 1.807) is 40.5 Å². The van der Waals surface area contributed by atoms with Crippen molar-refractivity contribution in [2.45, 2.75) is 19.4 Å². The van der Waals surface area contributed by atoms with Crippen molar-refractivity contribution in [3.05, 3.63) is 76.6 Å². The second-order valence-electron chi connectivity index (χ2n) is 8.00. The highest BCUT2D eigenvalue weighted by Crippen LogP contribution is 2.32. The van der Waals surface area contributed by atoms with Crippen molar-refractivity contribution < 1.29 is 18.0 Å². The van der Waals surface area contributed by atoms with Crippen LogP contribution in [0.4, 0.5) is 16.0 Å². The summed E-state index contributed by atoms with van der Waals surface area (Å²) in [7, 11) is 0. The number of thiophene rings is 1. The minimum atomic E-state index is -0.338. The van der Waals surface area contributed by atoms with Crippen LogP contribution in [0.3, 0.4) is 0 Å². The molecule has 0 bridgehead atoms. The number of hydrogen-bond donors (Lipinski definition) is 0. The molecule has 0 radical (unpaired) electrons. The number of piperidine rings is 1.